The van der Waals surface area contributed by atoms with E-state index in [0.717, 1.165) is 6.20 Å². The molecule has 6 nitrogen and oxygen atoms in total. The summed E-state index contributed by atoms with van der Waals surface area (Å²) < 4.78 is 0. The van der Waals surface area contributed by atoms with Crippen molar-refractivity contribution in [1.29, 1.82) is 0 Å². The highest BCUT2D eigenvalue weighted by atomic mass is 16.6. The van der Waals surface area contributed by atoms with Crippen molar-refractivity contribution >= 4 is 5.69 Å². The Balaban J connectivity index is 2.82. The normalized spacial score (nSPS) is 13.8. The van der Waals surface area contributed by atoms with Crippen LogP contribution in [0.4, 0.5) is 5.69 Å². The molecule has 1 atom stereocenters. The summed E-state index contributed by atoms with van der Waals surface area (Å²) in [5.41, 5.74) is 0.691. The third-order valence-corrected chi connectivity index (χ3v) is 2.85. The van der Waals surface area contributed by atoms with Gasteiger partial charge in [-0.3, -0.25) is 15.1 Å². The maximum Gasteiger partial charge on any atom is 0.274 e. The van der Waals surface area contributed by atoms with Crippen LogP contribution in [0.2, 0.25) is 0 Å². The minimum absolute atomic E-state index is 0.00763. The zero-order chi connectivity index (χ0) is 14.5. The van der Waals surface area contributed by atoms with Crippen molar-refractivity contribution in [3.63, 3.8) is 0 Å². The fourth-order valence-electron chi connectivity index (χ4n) is 1.25. The number of aromatic nitrogens is 1. The molecule has 6 heteroatoms. The fraction of sp³-hybridized carbons (Fsp3) is 0.462. The van der Waals surface area contributed by atoms with Crippen LogP contribution in [0.15, 0.2) is 36.5 Å². The van der Waals surface area contributed by atoms with Crippen LogP contribution in [0.1, 0.15) is 27.7 Å². The molecule has 1 heterocycles. The lowest BCUT2D eigenvalue weighted by Crippen LogP contribution is -2.39. The molecule has 2 N–H and O–H groups in total. The molecule has 19 heavy (non-hydrogen) atoms. The van der Waals surface area contributed by atoms with Crippen molar-refractivity contribution in [1.82, 2.24) is 10.3 Å². The highest BCUT2D eigenvalue weighted by Gasteiger charge is 2.21. The molecule has 1 aromatic rings. The summed E-state index contributed by atoms with van der Waals surface area (Å²) in [4.78, 5) is 14.1. The number of anilines is 1. The molecule has 0 spiro atoms. The Hall–Kier alpha value is -2.11. The first-order chi connectivity index (χ1) is 8.79. The Morgan fingerprint density at radius 3 is 2.68 bits per heavy atom. The molecule has 0 fully saturated rings. The standard InChI is InChI=1S/C13H20N4O2/c1-10(13(2,3)4)15-12(9-17(18)19)16-11-6-5-7-14-8-11/h5-10,15-16H,1-4H3. The first kappa shape index (κ1) is 14.9. The molecule has 1 aromatic heterocycles. The second-order valence-electron chi connectivity index (χ2n) is 5.43. The van der Waals surface area contributed by atoms with Crippen molar-refractivity contribution in [2.45, 2.75) is 33.7 Å². The minimum atomic E-state index is -0.485. The average molecular weight is 264 g/mol. The molecule has 0 bridgehead atoms. The molecule has 104 valence electrons. The van der Waals surface area contributed by atoms with Crippen molar-refractivity contribution in [2.75, 3.05) is 5.32 Å². The molecular weight excluding hydrogens is 244 g/mol. The van der Waals surface area contributed by atoms with Gasteiger partial charge in [0.1, 0.15) is 0 Å². The topological polar surface area (TPSA) is 80.1 Å². The van der Waals surface area contributed by atoms with E-state index < -0.39 is 4.92 Å². The molecule has 0 saturated heterocycles. The van der Waals surface area contributed by atoms with Crippen molar-refractivity contribution in [3.8, 4) is 0 Å². The quantitative estimate of drug-likeness (QED) is 0.631. The lowest BCUT2D eigenvalue weighted by molar-refractivity contribution is -0.403. The molecule has 0 aliphatic rings. The molecule has 0 radical (unpaired) electrons. The largest absolute Gasteiger partial charge is 0.363 e. The summed E-state index contributed by atoms with van der Waals surface area (Å²) in [7, 11) is 0. The number of pyridine rings is 1. The summed E-state index contributed by atoms with van der Waals surface area (Å²) in [6.45, 7) is 8.19. The monoisotopic (exact) mass is 264 g/mol. The zero-order valence-electron chi connectivity index (χ0n) is 11.7. The third-order valence-electron chi connectivity index (χ3n) is 2.85. The summed E-state index contributed by atoms with van der Waals surface area (Å²) in [6.07, 6.45) is 4.18. The Kier molecular flexibility index (Phi) is 4.86. The van der Waals surface area contributed by atoms with E-state index in [4.69, 9.17) is 0 Å². The smallest absolute Gasteiger partial charge is 0.274 e. The first-order valence-corrected chi connectivity index (χ1v) is 6.08. The van der Waals surface area contributed by atoms with Gasteiger partial charge in [-0.25, -0.2) is 0 Å². The second kappa shape index (κ2) is 6.17. The number of rotatable bonds is 5. The minimum Gasteiger partial charge on any atom is -0.363 e. The van der Waals surface area contributed by atoms with Gasteiger partial charge in [0, 0.05) is 12.2 Å². The van der Waals surface area contributed by atoms with E-state index in [-0.39, 0.29) is 11.5 Å². The number of nitrogens with zero attached hydrogens (tertiary/aromatic N) is 2. The molecule has 0 aliphatic carbocycles. The van der Waals surface area contributed by atoms with Gasteiger partial charge >= 0.3 is 0 Å². The molecular formula is C13H20N4O2. The predicted molar refractivity (Wildman–Crippen MR) is 75.0 cm³/mol. The van der Waals surface area contributed by atoms with E-state index in [1.165, 1.54) is 0 Å². The molecule has 0 amide bonds. The van der Waals surface area contributed by atoms with E-state index in [2.05, 4.69) is 36.4 Å². The van der Waals surface area contributed by atoms with Crippen molar-refractivity contribution < 1.29 is 4.92 Å². The number of nitro groups is 1. The third kappa shape index (κ3) is 5.37. The van der Waals surface area contributed by atoms with Crippen LogP contribution in [0.25, 0.3) is 0 Å². The van der Waals surface area contributed by atoms with Gasteiger partial charge in [0.05, 0.1) is 16.8 Å². The van der Waals surface area contributed by atoms with Gasteiger partial charge in [-0.2, -0.15) is 0 Å². The molecule has 1 rings (SSSR count). The molecule has 1 unspecified atom stereocenters. The molecule has 0 saturated carbocycles. The predicted octanol–water partition coefficient (Wildman–Crippen LogP) is 2.59. The first-order valence-electron chi connectivity index (χ1n) is 6.08. The number of hydrogen-bond donors (Lipinski definition) is 2. The van der Waals surface area contributed by atoms with Gasteiger partial charge in [0.15, 0.2) is 5.82 Å². The number of nitrogens with one attached hydrogen (secondary N) is 2. The molecule has 0 aliphatic heterocycles. The maximum atomic E-state index is 10.7. The fourth-order valence-corrected chi connectivity index (χ4v) is 1.25. The Labute approximate surface area is 113 Å². The van der Waals surface area contributed by atoms with E-state index in [9.17, 15) is 10.1 Å². The molecule has 0 aromatic carbocycles. The van der Waals surface area contributed by atoms with Crippen molar-refractivity contribution in [3.05, 3.63) is 46.7 Å². The van der Waals surface area contributed by atoms with Gasteiger partial charge in [0.2, 0.25) is 0 Å². The Morgan fingerprint density at radius 2 is 2.21 bits per heavy atom. The van der Waals surface area contributed by atoms with Crippen LogP contribution in [0.3, 0.4) is 0 Å². The summed E-state index contributed by atoms with van der Waals surface area (Å²) in [5.74, 6) is 0.348. The van der Waals surface area contributed by atoms with E-state index in [1.807, 2.05) is 6.92 Å². The zero-order valence-corrected chi connectivity index (χ0v) is 11.7. The Bertz CT molecular complexity index is 451. The lowest BCUT2D eigenvalue weighted by atomic mass is 9.88. The summed E-state index contributed by atoms with van der Waals surface area (Å²) in [6, 6.07) is 3.63. The van der Waals surface area contributed by atoms with Gasteiger partial charge in [-0.15, -0.1) is 0 Å². The maximum absolute atomic E-state index is 10.7. The average Bonchev–Trinajstić information content (AvgIpc) is 2.28. The number of hydrogen-bond acceptors (Lipinski definition) is 5. The van der Waals surface area contributed by atoms with Gasteiger partial charge in [0.25, 0.3) is 6.20 Å². The van der Waals surface area contributed by atoms with Gasteiger partial charge in [-0.1, -0.05) is 20.8 Å². The van der Waals surface area contributed by atoms with E-state index in [1.54, 1.807) is 24.5 Å². The van der Waals surface area contributed by atoms with Crippen LogP contribution in [-0.4, -0.2) is 15.9 Å². The van der Waals surface area contributed by atoms with Gasteiger partial charge < -0.3 is 10.6 Å². The lowest BCUT2D eigenvalue weighted by Gasteiger charge is -2.29. The SMILES string of the molecule is CC(NC(=C[N+](=O)[O-])Nc1cccnc1)C(C)(C)C. The van der Waals surface area contributed by atoms with E-state index in [0.29, 0.717) is 11.5 Å². The summed E-state index contributed by atoms with van der Waals surface area (Å²) in [5, 5.41) is 16.7. The van der Waals surface area contributed by atoms with Crippen LogP contribution in [0.5, 0.6) is 0 Å². The van der Waals surface area contributed by atoms with Gasteiger partial charge in [-0.05, 0) is 24.5 Å². The van der Waals surface area contributed by atoms with Crippen LogP contribution >= 0.6 is 0 Å². The summed E-state index contributed by atoms with van der Waals surface area (Å²) >= 11 is 0. The van der Waals surface area contributed by atoms with Crippen molar-refractivity contribution in [2.24, 2.45) is 5.41 Å². The second-order valence-corrected chi connectivity index (χ2v) is 5.43. The Morgan fingerprint density at radius 1 is 1.53 bits per heavy atom. The van der Waals surface area contributed by atoms with Crippen LogP contribution in [0, 0.1) is 15.5 Å². The highest BCUT2D eigenvalue weighted by Crippen LogP contribution is 2.19. The highest BCUT2D eigenvalue weighted by molar-refractivity contribution is 5.45. The van der Waals surface area contributed by atoms with Crippen LogP contribution in [-0.2, 0) is 0 Å². The van der Waals surface area contributed by atoms with Crippen LogP contribution < -0.4 is 10.6 Å². The van der Waals surface area contributed by atoms with E-state index >= 15 is 0 Å².